The molecule has 2 rings (SSSR count). The molecule has 6 nitrogen and oxygen atoms in total. The average Bonchev–Trinajstić information content (AvgIpc) is 2.56. The molecule has 1 fully saturated rings. The Balaban J connectivity index is 2.08. The van der Waals surface area contributed by atoms with Gasteiger partial charge in [0.2, 0.25) is 10.0 Å². The van der Waals surface area contributed by atoms with Crippen LogP contribution in [0.2, 0.25) is 0 Å². The molecule has 1 aliphatic rings. The Morgan fingerprint density at radius 1 is 1.33 bits per heavy atom. The van der Waals surface area contributed by atoms with Crippen molar-refractivity contribution in [2.24, 2.45) is 0 Å². The van der Waals surface area contributed by atoms with Gasteiger partial charge in [0.05, 0.1) is 26.2 Å². The van der Waals surface area contributed by atoms with Crippen molar-refractivity contribution in [2.45, 2.75) is 24.8 Å². The van der Waals surface area contributed by atoms with Gasteiger partial charge in [-0.1, -0.05) is 0 Å². The summed E-state index contributed by atoms with van der Waals surface area (Å²) in [6.07, 6.45) is 0. The van der Waals surface area contributed by atoms with Crippen LogP contribution < -0.4 is 10.2 Å². The highest BCUT2D eigenvalue weighted by molar-refractivity contribution is 7.89. The molecule has 1 aliphatic heterocycles. The smallest absolute Gasteiger partial charge is 0.278 e. The number of rotatable bonds is 5. The van der Waals surface area contributed by atoms with Crippen molar-refractivity contribution in [3.8, 4) is 0 Å². The van der Waals surface area contributed by atoms with Crippen LogP contribution in [0, 0.1) is 11.6 Å². The lowest BCUT2D eigenvalue weighted by Crippen LogP contribution is -3.19. The molecule has 0 bridgehead atoms. The van der Waals surface area contributed by atoms with E-state index in [1.165, 1.54) is 0 Å². The number of sulfonamides is 1. The molecule has 9 heteroatoms. The monoisotopic (exact) mass is 362 g/mol. The van der Waals surface area contributed by atoms with Gasteiger partial charge in [-0.05, 0) is 32.0 Å². The van der Waals surface area contributed by atoms with Crippen LogP contribution in [0.25, 0.3) is 0 Å². The zero-order valence-electron chi connectivity index (χ0n) is 13.7. The Morgan fingerprint density at radius 2 is 1.96 bits per heavy atom. The van der Waals surface area contributed by atoms with Gasteiger partial charge in [0, 0.05) is 6.54 Å². The van der Waals surface area contributed by atoms with Gasteiger partial charge in [0.15, 0.2) is 6.04 Å². The molecule has 24 heavy (non-hydrogen) atoms. The molecule has 0 saturated carbocycles. The average molecular weight is 362 g/mol. The molecule has 0 aliphatic carbocycles. The van der Waals surface area contributed by atoms with Gasteiger partial charge in [-0.3, -0.25) is 4.79 Å². The predicted molar refractivity (Wildman–Crippen MR) is 84.0 cm³/mol. The molecule has 1 saturated heterocycles. The number of hydrogen-bond acceptors (Lipinski definition) is 3. The summed E-state index contributed by atoms with van der Waals surface area (Å²) in [5, 5.41) is 2.74. The van der Waals surface area contributed by atoms with Crippen molar-refractivity contribution in [3.63, 3.8) is 0 Å². The third-order valence-corrected chi connectivity index (χ3v) is 6.15. The highest BCUT2D eigenvalue weighted by Gasteiger charge is 2.35. The number of nitrogens with one attached hydrogen (secondary N) is 2. The highest BCUT2D eigenvalue weighted by atomic mass is 32.2. The molecule has 1 atom stereocenters. The number of hydrogen-bond donors (Lipinski definition) is 2. The fourth-order valence-corrected chi connectivity index (χ4v) is 4.29. The van der Waals surface area contributed by atoms with E-state index in [4.69, 9.17) is 0 Å². The number of likely N-dealkylation sites (N-methyl/N-ethyl adjacent to an activating group) is 1. The van der Waals surface area contributed by atoms with Crippen LogP contribution in [0.5, 0.6) is 0 Å². The van der Waals surface area contributed by atoms with Gasteiger partial charge in [-0.2, -0.15) is 4.31 Å². The standard InChI is InChI=1S/C15H21F2N3O3S/c1-3-18-15(21)11(2)19-6-8-20(9-7-19)24(22,23)14-10-12(16)4-5-13(14)17/h4-5,10-11H,3,6-9H2,1-2H3,(H,18,21)/p+1/t11-/m0/s1. The SMILES string of the molecule is CCNC(=O)[C@H](C)[NH+]1CCN(S(=O)(=O)c2cc(F)ccc2F)CC1. The maximum atomic E-state index is 13.8. The first-order valence-electron chi connectivity index (χ1n) is 7.85. The molecule has 0 radical (unpaired) electrons. The molecular formula is C15H22F2N3O3S+. The first-order valence-corrected chi connectivity index (χ1v) is 9.29. The molecule has 2 N–H and O–H groups in total. The number of quaternary nitrogens is 1. The minimum Gasteiger partial charge on any atom is -0.351 e. The first kappa shape index (κ1) is 18.8. The second-order valence-electron chi connectivity index (χ2n) is 5.75. The van der Waals surface area contributed by atoms with Crippen LogP contribution in [-0.2, 0) is 14.8 Å². The number of carbonyl (C=O) groups excluding carboxylic acids is 1. The van der Waals surface area contributed by atoms with E-state index in [1.807, 2.05) is 6.92 Å². The fourth-order valence-electron chi connectivity index (χ4n) is 2.77. The molecule has 134 valence electrons. The molecular weight excluding hydrogens is 340 g/mol. The van der Waals surface area contributed by atoms with Crippen LogP contribution in [0.15, 0.2) is 23.1 Å². The zero-order valence-corrected chi connectivity index (χ0v) is 14.5. The number of halogens is 2. The van der Waals surface area contributed by atoms with Crippen LogP contribution in [0.1, 0.15) is 13.8 Å². The summed E-state index contributed by atoms with van der Waals surface area (Å²) in [6, 6.07) is 2.09. The number of nitrogens with zero attached hydrogens (tertiary/aromatic N) is 1. The van der Waals surface area contributed by atoms with Gasteiger partial charge in [0.1, 0.15) is 16.5 Å². The van der Waals surface area contributed by atoms with Crippen molar-refractivity contribution >= 4 is 15.9 Å². The molecule has 0 unspecified atom stereocenters. The van der Waals surface area contributed by atoms with Crippen molar-refractivity contribution in [2.75, 3.05) is 32.7 Å². The lowest BCUT2D eigenvalue weighted by atomic mass is 10.2. The Hall–Kier alpha value is -1.58. The van der Waals surface area contributed by atoms with E-state index in [-0.39, 0.29) is 25.0 Å². The lowest BCUT2D eigenvalue weighted by molar-refractivity contribution is -0.917. The normalized spacial score (nSPS) is 18.3. The summed E-state index contributed by atoms with van der Waals surface area (Å²) in [7, 11) is -4.09. The minimum absolute atomic E-state index is 0.0833. The molecule has 1 heterocycles. The largest absolute Gasteiger partial charge is 0.351 e. The van der Waals surface area contributed by atoms with Gasteiger partial charge < -0.3 is 10.2 Å². The van der Waals surface area contributed by atoms with Crippen LogP contribution in [0.3, 0.4) is 0 Å². The summed E-state index contributed by atoms with van der Waals surface area (Å²) in [5.41, 5.74) is 0. The quantitative estimate of drug-likeness (QED) is 0.733. The summed E-state index contributed by atoms with van der Waals surface area (Å²) in [5.74, 6) is -1.86. The second kappa shape index (κ2) is 7.54. The van der Waals surface area contributed by atoms with Gasteiger partial charge in [0.25, 0.3) is 5.91 Å². The number of piperazine rings is 1. The highest BCUT2D eigenvalue weighted by Crippen LogP contribution is 2.20. The summed E-state index contributed by atoms with van der Waals surface area (Å²) < 4.78 is 53.2. The maximum absolute atomic E-state index is 13.8. The van der Waals surface area contributed by atoms with Crippen LogP contribution in [0.4, 0.5) is 8.78 Å². The third-order valence-electron chi connectivity index (χ3n) is 4.23. The first-order chi connectivity index (χ1) is 11.3. The van der Waals surface area contributed by atoms with Crippen LogP contribution in [-0.4, -0.2) is 57.4 Å². The predicted octanol–water partition coefficient (Wildman–Crippen LogP) is -0.621. The van der Waals surface area contributed by atoms with Crippen molar-refractivity contribution in [3.05, 3.63) is 29.8 Å². The van der Waals surface area contributed by atoms with E-state index in [0.29, 0.717) is 25.7 Å². The van der Waals surface area contributed by atoms with E-state index >= 15 is 0 Å². The molecule has 0 aromatic heterocycles. The molecule has 1 aromatic rings. The van der Waals surface area contributed by atoms with Gasteiger partial charge in [-0.25, -0.2) is 17.2 Å². The number of amides is 1. The minimum atomic E-state index is -4.09. The van der Waals surface area contributed by atoms with Crippen LogP contribution >= 0.6 is 0 Å². The summed E-state index contributed by atoms with van der Waals surface area (Å²) >= 11 is 0. The van der Waals surface area contributed by atoms with E-state index in [9.17, 15) is 22.0 Å². The van der Waals surface area contributed by atoms with Crippen molar-refractivity contribution in [1.82, 2.24) is 9.62 Å². The van der Waals surface area contributed by atoms with Gasteiger partial charge >= 0.3 is 0 Å². The zero-order chi connectivity index (χ0) is 17.9. The topological polar surface area (TPSA) is 70.9 Å². The second-order valence-corrected chi connectivity index (χ2v) is 7.66. The Kier molecular flexibility index (Phi) is 5.89. The number of carbonyl (C=O) groups is 1. The van der Waals surface area contributed by atoms with Crippen molar-refractivity contribution < 1.29 is 26.9 Å². The Labute approximate surface area is 140 Å². The lowest BCUT2D eigenvalue weighted by Gasteiger charge is -2.34. The van der Waals surface area contributed by atoms with Crippen molar-refractivity contribution in [1.29, 1.82) is 0 Å². The van der Waals surface area contributed by atoms with E-state index in [2.05, 4.69) is 5.32 Å². The molecule has 0 spiro atoms. The molecule has 1 amide bonds. The summed E-state index contributed by atoms with van der Waals surface area (Å²) in [6.45, 7) is 5.31. The molecule has 1 aromatic carbocycles. The number of benzene rings is 1. The Bertz CT molecular complexity index is 704. The third kappa shape index (κ3) is 3.90. The van der Waals surface area contributed by atoms with E-state index in [1.54, 1.807) is 6.92 Å². The van der Waals surface area contributed by atoms with E-state index < -0.39 is 26.6 Å². The van der Waals surface area contributed by atoms with E-state index in [0.717, 1.165) is 21.3 Å². The Morgan fingerprint density at radius 3 is 2.54 bits per heavy atom. The fraction of sp³-hybridized carbons (Fsp3) is 0.533. The maximum Gasteiger partial charge on any atom is 0.278 e. The summed E-state index contributed by atoms with van der Waals surface area (Å²) in [4.78, 5) is 12.2. The van der Waals surface area contributed by atoms with Gasteiger partial charge in [-0.15, -0.1) is 0 Å².